The maximum Gasteiger partial charge on any atom is 0.406 e. The first-order chi connectivity index (χ1) is 19.4. The largest absolute Gasteiger partial charge is 0.453 e. The number of benzene rings is 2. The number of halogens is 1. The highest BCUT2D eigenvalue weighted by Gasteiger charge is 2.43. The molecule has 3 amide bonds. The quantitative estimate of drug-likeness (QED) is 0.315. The van der Waals surface area contributed by atoms with Crippen LogP contribution in [0.1, 0.15) is 56.6 Å². The molecule has 2 aromatic carbocycles. The summed E-state index contributed by atoms with van der Waals surface area (Å²) in [7, 11) is 1.33. The van der Waals surface area contributed by atoms with Gasteiger partial charge < -0.3 is 30.7 Å². The topological polar surface area (TPSA) is 103 Å². The zero-order chi connectivity index (χ0) is 28.5. The monoisotopic (exact) mass is 570 g/mol. The molecule has 4 N–H and O–H groups in total. The van der Waals surface area contributed by atoms with Crippen molar-refractivity contribution in [2.24, 2.45) is 5.92 Å². The fourth-order valence-corrected chi connectivity index (χ4v) is 6.37. The highest BCUT2D eigenvalue weighted by molar-refractivity contribution is 6.33. The number of carbonyl (C=O) groups excluding carboxylic acids is 2. The van der Waals surface area contributed by atoms with Crippen LogP contribution >= 0.6 is 11.6 Å². The number of methoxy groups -OCH3 is 1. The summed E-state index contributed by atoms with van der Waals surface area (Å²) in [5, 5.41) is 22.5. The highest BCUT2D eigenvalue weighted by Crippen LogP contribution is 2.45. The SMILES string of the molecule is CCc1cccc(-c2c(Cl)cccc2C(O)(CCCNC(=O)OC)C2CCCN(C(=O)NC3CCNCC3)C2)c1. The molecule has 218 valence electrons. The predicted molar refractivity (Wildman–Crippen MR) is 159 cm³/mol. The van der Waals surface area contributed by atoms with Crippen LogP contribution in [0.4, 0.5) is 9.59 Å². The zero-order valence-corrected chi connectivity index (χ0v) is 24.4. The molecule has 0 bridgehead atoms. The molecule has 0 saturated carbocycles. The second kappa shape index (κ2) is 14.2. The van der Waals surface area contributed by atoms with Gasteiger partial charge in [-0.1, -0.05) is 54.9 Å². The lowest BCUT2D eigenvalue weighted by molar-refractivity contribution is -0.0548. The number of carbonyl (C=O) groups is 2. The summed E-state index contributed by atoms with van der Waals surface area (Å²) in [4.78, 5) is 26.8. The van der Waals surface area contributed by atoms with Crippen molar-refractivity contribution >= 4 is 23.7 Å². The van der Waals surface area contributed by atoms with Gasteiger partial charge in [-0.25, -0.2) is 9.59 Å². The summed E-state index contributed by atoms with van der Waals surface area (Å²) < 4.78 is 4.72. The van der Waals surface area contributed by atoms with Gasteiger partial charge in [-0.2, -0.15) is 0 Å². The number of likely N-dealkylation sites (tertiary alicyclic amines) is 1. The Kier molecular flexibility index (Phi) is 10.7. The third kappa shape index (κ3) is 7.28. The van der Waals surface area contributed by atoms with Crippen LogP contribution in [0, 0.1) is 5.92 Å². The van der Waals surface area contributed by atoms with Gasteiger partial charge in [0.1, 0.15) is 0 Å². The van der Waals surface area contributed by atoms with Crippen molar-refractivity contribution in [3.63, 3.8) is 0 Å². The Morgan fingerprint density at radius 2 is 1.95 bits per heavy atom. The molecule has 2 heterocycles. The molecular weight excluding hydrogens is 528 g/mol. The molecule has 2 aliphatic rings. The molecule has 2 aliphatic heterocycles. The Morgan fingerprint density at radius 1 is 1.18 bits per heavy atom. The van der Waals surface area contributed by atoms with Gasteiger partial charge in [-0.05, 0) is 80.8 Å². The molecule has 0 aromatic heterocycles. The van der Waals surface area contributed by atoms with E-state index in [1.165, 1.54) is 12.7 Å². The molecule has 9 heteroatoms. The number of rotatable bonds is 9. The van der Waals surface area contributed by atoms with Gasteiger partial charge in [-0.15, -0.1) is 0 Å². The van der Waals surface area contributed by atoms with Crippen molar-refractivity contribution in [2.75, 3.05) is 39.8 Å². The van der Waals surface area contributed by atoms with E-state index in [2.05, 4.69) is 35.0 Å². The number of aryl methyl sites for hydroxylation is 1. The van der Waals surface area contributed by atoms with Crippen molar-refractivity contribution in [3.05, 3.63) is 58.6 Å². The Hall–Kier alpha value is -2.81. The molecule has 40 heavy (non-hydrogen) atoms. The van der Waals surface area contributed by atoms with Crippen LogP contribution < -0.4 is 16.0 Å². The Morgan fingerprint density at radius 3 is 2.70 bits per heavy atom. The standard InChI is InChI=1S/C31H43ClN4O4/c1-3-22-8-4-9-23(20-22)28-26(11-5-12-27(28)32)31(39,15-7-16-34-30(38)40-2)24-10-6-19-36(21-24)29(37)35-25-13-17-33-18-14-25/h4-5,8-9,11-12,20,24-25,33,39H,3,6-7,10,13-19,21H2,1-2H3,(H,34,38)(H,35,37). The van der Waals surface area contributed by atoms with Crippen molar-refractivity contribution < 1.29 is 19.4 Å². The van der Waals surface area contributed by atoms with E-state index in [0.29, 0.717) is 37.5 Å². The van der Waals surface area contributed by atoms with Crippen LogP contribution in [-0.4, -0.2) is 68.0 Å². The van der Waals surface area contributed by atoms with Gasteiger partial charge in [0.25, 0.3) is 0 Å². The van der Waals surface area contributed by atoms with Crippen molar-refractivity contribution in [1.29, 1.82) is 0 Å². The molecule has 0 spiro atoms. The molecule has 8 nitrogen and oxygen atoms in total. The summed E-state index contributed by atoms with van der Waals surface area (Å²) in [5.74, 6) is -0.204. The summed E-state index contributed by atoms with van der Waals surface area (Å²) in [5.41, 5.74) is 2.46. The third-order valence-corrected chi connectivity index (χ3v) is 8.66. The molecule has 0 aliphatic carbocycles. The number of nitrogens with zero attached hydrogens (tertiary/aromatic N) is 1. The van der Waals surface area contributed by atoms with E-state index >= 15 is 0 Å². The lowest BCUT2D eigenvalue weighted by atomic mass is 9.72. The molecule has 2 fully saturated rings. The smallest absolute Gasteiger partial charge is 0.406 e. The van der Waals surface area contributed by atoms with E-state index < -0.39 is 11.7 Å². The van der Waals surface area contributed by atoms with E-state index in [-0.39, 0.29) is 18.0 Å². The number of amides is 3. The number of nitrogens with one attached hydrogen (secondary N) is 3. The maximum atomic E-state index is 13.3. The van der Waals surface area contributed by atoms with E-state index in [4.69, 9.17) is 16.3 Å². The van der Waals surface area contributed by atoms with Gasteiger partial charge >= 0.3 is 12.1 Å². The lowest BCUT2D eigenvalue weighted by Crippen LogP contribution is -2.53. The van der Waals surface area contributed by atoms with Crippen LogP contribution in [-0.2, 0) is 16.8 Å². The minimum atomic E-state index is -1.27. The number of ether oxygens (including phenoxy) is 1. The number of urea groups is 1. The number of piperidine rings is 2. The van der Waals surface area contributed by atoms with Crippen LogP contribution in [0.15, 0.2) is 42.5 Å². The van der Waals surface area contributed by atoms with Crippen molar-refractivity contribution in [1.82, 2.24) is 20.9 Å². The third-order valence-electron chi connectivity index (χ3n) is 8.34. The summed E-state index contributed by atoms with van der Waals surface area (Å²) in [6.07, 6.45) is 4.73. The van der Waals surface area contributed by atoms with Crippen LogP contribution in [0.5, 0.6) is 0 Å². The van der Waals surface area contributed by atoms with Crippen molar-refractivity contribution in [2.45, 2.75) is 63.5 Å². The summed E-state index contributed by atoms with van der Waals surface area (Å²) in [6, 6.07) is 14.1. The minimum Gasteiger partial charge on any atom is -0.453 e. The minimum absolute atomic E-state index is 0.0618. The summed E-state index contributed by atoms with van der Waals surface area (Å²) in [6.45, 7) is 5.39. The van der Waals surface area contributed by atoms with E-state index in [1.807, 2.05) is 35.2 Å². The maximum absolute atomic E-state index is 13.3. The Bertz CT molecular complexity index is 1160. The number of aliphatic hydroxyl groups is 1. The molecular formula is C31H43ClN4O4. The first-order valence-electron chi connectivity index (χ1n) is 14.5. The Balaban J connectivity index is 1.65. The van der Waals surface area contributed by atoms with Gasteiger partial charge in [-0.3, -0.25) is 0 Å². The predicted octanol–water partition coefficient (Wildman–Crippen LogP) is 5.07. The molecule has 4 rings (SSSR count). The average molecular weight is 571 g/mol. The van der Waals surface area contributed by atoms with Crippen LogP contribution in [0.25, 0.3) is 11.1 Å². The lowest BCUT2D eigenvalue weighted by Gasteiger charge is -2.44. The summed E-state index contributed by atoms with van der Waals surface area (Å²) >= 11 is 6.85. The van der Waals surface area contributed by atoms with E-state index in [1.54, 1.807) is 0 Å². The fraction of sp³-hybridized carbons (Fsp3) is 0.548. The second-order valence-corrected chi connectivity index (χ2v) is 11.3. The number of hydrogen-bond acceptors (Lipinski definition) is 5. The van der Waals surface area contributed by atoms with Gasteiger partial charge in [0.15, 0.2) is 0 Å². The second-order valence-electron chi connectivity index (χ2n) is 10.9. The Labute approximate surface area is 242 Å². The first-order valence-corrected chi connectivity index (χ1v) is 14.9. The van der Waals surface area contributed by atoms with E-state index in [0.717, 1.165) is 61.9 Å². The number of alkyl carbamates (subject to hydrolysis) is 1. The van der Waals surface area contributed by atoms with Gasteiger partial charge in [0.2, 0.25) is 0 Å². The fourth-order valence-electron chi connectivity index (χ4n) is 6.09. The average Bonchev–Trinajstić information content (AvgIpc) is 2.99. The molecule has 2 aromatic rings. The molecule has 2 atom stereocenters. The van der Waals surface area contributed by atoms with E-state index in [9.17, 15) is 14.7 Å². The molecule has 2 unspecified atom stereocenters. The highest BCUT2D eigenvalue weighted by atomic mass is 35.5. The number of hydrogen-bond donors (Lipinski definition) is 4. The van der Waals surface area contributed by atoms with Crippen LogP contribution in [0.2, 0.25) is 5.02 Å². The normalized spacial score (nSPS) is 19.5. The molecule has 0 radical (unpaired) electrons. The van der Waals surface area contributed by atoms with Crippen LogP contribution in [0.3, 0.4) is 0 Å². The van der Waals surface area contributed by atoms with Gasteiger partial charge in [0.05, 0.1) is 12.7 Å². The zero-order valence-electron chi connectivity index (χ0n) is 23.7. The van der Waals surface area contributed by atoms with Crippen molar-refractivity contribution in [3.8, 4) is 11.1 Å². The molecule has 2 saturated heterocycles. The first kappa shape index (κ1) is 30.2. The van der Waals surface area contributed by atoms with Gasteiger partial charge in [0, 0.05) is 42.2 Å².